The van der Waals surface area contributed by atoms with Crippen molar-refractivity contribution in [3.8, 4) is 5.75 Å². The van der Waals surface area contributed by atoms with Gasteiger partial charge in [-0.3, -0.25) is 9.88 Å². The number of aromatic nitrogens is 1. The SMILES string of the molecule is COc1c(C)cnc(CN(C(=O)O)c2ccc3ccccc3c2)c1C. The zero-order valence-corrected chi connectivity index (χ0v) is 14.5. The third-order valence-electron chi connectivity index (χ3n) is 4.33. The Kier molecular flexibility index (Phi) is 4.57. The van der Waals surface area contributed by atoms with Crippen molar-refractivity contribution in [2.24, 2.45) is 0 Å². The van der Waals surface area contributed by atoms with E-state index < -0.39 is 6.09 Å². The van der Waals surface area contributed by atoms with Crippen molar-refractivity contribution in [2.75, 3.05) is 12.0 Å². The average Bonchev–Trinajstić information content (AvgIpc) is 2.61. The van der Waals surface area contributed by atoms with Gasteiger partial charge in [-0.15, -0.1) is 0 Å². The van der Waals surface area contributed by atoms with Crippen LogP contribution in [0.15, 0.2) is 48.7 Å². The van der Waals surface area contributed by atoms with Gasteiger partial charge in [0.05, 0.1) is 19.3 Å². The lowest BCUT2D eigenvalue weighted by Gasteiger charge is -2.21. The van der Waals surface area contributed by atoms with E-state index in [1.54, 1.807) is 13.3 Å². The van der Waals surface area contributed by atoms with E-state index in [1.165, 1.54) is 4.90 Å². The fraction of sp³-hybridized carbons (Fsp3) is 0.200. The van der Waals surface area contributed by atoms with Crippen LogP contribution < -0.4 is 9.64 Å². The fourth-order valence-electron chi connectivity index (χ4n) is 2.99. The molecule has 25 heavy (non-hydrogen) atoms. The zero-order chi connectivity index (χ0) is 18.0. The Labute approximate surface area is 146 Å². The molecule has 0 aliphatic rings. The summed E-state index contributed by atoms with van der Waals surface area (Å²) in [5, 5.41) is 11.8. The predicted molar refractivity (Wildman–Crippen MR) is 98.4 cm³/mol. The first-order chi connectivity index (χ1) is 12.0. The summed E-state index contributed by atoms with van der Waals surface area (Å²) in [6, 6.07) is 13.5. The molecule has 0 fully saturated rings. The first-order valence-electron chi connectivity index (χ1n) is 7.99. The molecule has 0 saturated carbocycles. The van der Waals surface area contributed by atoms with Gasteiger partial charge in [0, 0.05) is 23.0 Å². The Morgan fingerprint density at radius 2 is 1.88 bits per heavy atom. The Hall–Kier alpha value is -3.08. The van der Waals surface area contributed by atoms with Gasteiger partial charge < -0.3 is 9.84 Å². The van der Waals surface area contributed by atoms with Gasteiger partial charge in [0.15, 0.2) is 0 Å². The van der Waals surface area contributed by atoms with Crippen molar-refractivity contribution < 1.29 is 14.6 Å². The van der Waals surface area contributed by atoms with Crippen LogP contribution in [0.5, 0.6) is 5.75 Å². The number of hydrogen-bond acceptors (Lipinski definition) is 3. The van der Waals surface area contributed by atoms with E-state index in [4.69, 9.17) is 4.74 Å². The van der Waals surface area contributed by atoms with Crippen molar-refractivity contribution in [3.05, 3.63) is 65.5 Å². The van der Waals surface area contributed by atoms with Crippen LogP contribution in [0.25, 0.3) is 10.8 Å². The predicted octanol–water partition coefficient (Wildman–Crippen LogP) is 4.54. The summed E-state index contributed by atoms with van der Waals surface area (Å²) in [6.45, 7) is 3.98. The van der Waals surface area contributed by atoms with E-state index in [-0.39, 0.29) is 6.54 Å². The van der Waals surface area contributed by atoms with Crippen molar-refractivity contribution in [1.82, 2.24) is 4.98 Å². The van der Waals surface area contributed by atoms with E-state index in [0.717, 1.165) is 27.6 Å². The molecule has 3 rings (SSSR count). The molecule has 0 spiro atoms. The highest BCUT2D eigenvalue weighted by molar-refractivity contribution is 5.92. The van der Waals surface area contributed by atoms with Gasteiger partial charge >= 0.3 is 6.09 Å². The molecule has 0 radical (unpaired) electrons. The number of carboxylic acid groups (broad SMARTS) is 1. The second-order valence-electron chi connectivity index (χ2n) is 5.95. The Morgan fingerprint density at radius 3 is 2.56 bits per heavy atom. The summed E-state index contributed by atoms with van der Waals surface area (Å²) in [4.78, 5) is 17.6. The van der Waals surface area contributed by atoms with Crippen LogP contribution in [0.4, 0.5) is 10.5 Å². The molecule has 5 heteroatoms. The second kappa shape index (κ2) is 6.81. The van der Waals surface area contributed by atoms with Gasteiger partial charge in [-0.05, 0) is 36.8 Å². The zero-order valence-electron chi connectivity index (χ0n) is 14.5. The smallest absolute Gasteiger partial charge is 0.412 e. The standard InChI is InChI=1S/C20H20N2O3/c1-13-11-21-18(14(2)19(13)25-3)12-22(20(23)24)17-9-8-15-6-4-5-7-16(15)10-17/h4-11H,12H2,1-3H3,(H,23,24). The van der Waals surface area contributed by atoms with Crippen LogP contribution in [0.1, 0.15) is 16.8 Å². The van der Waals surface area contributed by atoms with E-state index in [2.05, 4.69) is 4.98 Å². The quantitative estimate of drug-likeness (QED) is 0.759. The minimum absolute atomic E-state index is 0.163. The molecule has 3 aromatic rings. The van der Waals surface area contributed by atoms with Gasteiger partial charge in [-0.25, -0.2) is 4.79 Å². The number of nitrogens with zero attached hydrogens (tertiary/aromatic N) is 2. The number of hydrogen-bond donors (Lipinski definition) is 1. The van der Waals surface area contributed by atoms with Crippen LogP contribution in [-0.4, -0.2) is 23.3 Å². The number of anilines is 1. The van der Waals surface area contributed by atoms with Gasteiger partial charge in [0.2, 0.25) is 0 Å². The highest BCUT2D eigenvalue weighted by Gasteiger charge is 2.19. The minimum atomic E-state index is -1.02. The summed E-state index contributed by atoms with van der Waals surface area (Å²) in [5.74, 6) is 0.744. The molecule has 0 atom stereocenters. The highest BCUT2D eigenvalue weighted by Crippen LogP contribution is 2.27. The third-order valence-corrected chi connectivity index (χ3v) is 4.33. The first kappa shape index (κ1) is 16.8. The van der Waals surface area contributed by atoms with E-state index in [0.29, 0.717) is 11.4 Å². The molecular formula is C20H20N2O3. The molecule has 1 amide bonds. The summed E-state index contributed by atoms with van der Waals surface area (Å²) < 4.78 is 5.42. The van der Waals surface area contributed by atoms with Crippen molar-refractivity contribution >= 4 is 22.6 Å². The Balaban J connectivity index is 2.00. The minimum Gasteiger partial charge on any atom is -0.496 e. The average molecular weight is 336 g/mol. The number of amides is 1. The summed E-state index contributed by atoms with van der Waals surface area (Å²) in [5.41, 5.74) is 3.08. The van der Waals surface area contributed by atoms with Crippen molar-refractivity contribution in [2.45, 2.75) is 20.4 Å². The molecule has 0 unspecified atom stereocenters. The lowest BCUT2D eigenvalue weighted by molar-refractivity contribution is 0.201. The number of methoxy groups -OCH3 is 1. The van der Waals surface area contributed by atoms with Gasteiger partial charge in [0.1, 0.15) is 5.75 Å². The molecule has 128 valence electrons. The van der Waals surface area contributed by atoms with Crippen LogP contribution in [0.2, 0.25) is 0 Å². The first-order valence-corrected chi connectivity index (χ1v) is 7.99. The maximum Gasteiger partial charge on any atom is 0.412 e. The fourth-order valence-corrected chi connectivity index (χ4v) is 2.99. The summed E-state index contributed by atoms with van der Waals surface area (Å²) in [7, 11) is 1.61. The van der Waals surface area contributed by atoms with E-state index >= 15 is 0 Å². The second-order valence-corrected chi connectivity index (χ2v) is 5.95. The topological polar surface area (TPSA) is 62.7 Å². The van der Waals surface area contributed by atoms with E-state index in [1.807, 2.05) is 56.3 Å². The van der Waals surface area contributed by atoms with Gasteiger partial charge in [-0.2, -0.15) is 0 Å². The summed E-state index contributed by atoms with van der Waals surface area (Å²) >= 11 is 0. The molecule has 0 aliphatic heterocycles. The monoisotopic (exact) mass is 336 g/mol. The van der Waals surface area contributed by atoms with Gasteiger partial charge in [-0.1, -0.05) is 30.3 Å². The third kappa shape index (κ3) is 3.26. The number of pyridine rings is 1. The Bertz CT molecular complexity index is 937. The van der Waals surface area contributed by atoms with Crippen LogP contribution in [-0.2, 0) is 6.54 Å². The number of benzene rings is 2. The van der Waals surface area contributed by atoms with Crippen molar-refractivity contribution in [1.29, 1.82) is 0 Å². The number of aryl methyl sites for hydroxylation is 1. The number of ether oxygens (including phenoxy) is 1. The molecule has 1 N–H and O–H groups in total. The largest absolute Gasteiger partial charge is 0.496 e. The maximum absolute atomic E-state index is 11.8. The molecular weight excluding hydrogens is 316 g/mol. The molecule has 5 nitrogen and oxygen atoms in total. The Morgan fingerprint density at radius 1 is 1.16 bits per heavy atom. The molecule has 1 heterocycles. The molecule has 1 aromatic heterocycles. The number of fused-ring (bicyclic) bond motifs is 1. The van der Waals surface area contributed by atoms with Crippen molar-refractivity contribution in [3.63, 3.8) is 0 Å². The van der Waals surface area contributed by atoms with Gasteiger partial charge in [0.25, 0.3) is 0 Å². The van der Waals surface area contributed by atoms with Crippen LogP contribution in [0, 0.1) is 13.8 Å². The van der Waals surface area contributed by atoms with Crippen LogP contribution in [0.3, 0.4) is 0 Å². The molecule has 0 bridgehead atoms. The lowest BCUT2D eigenvalue weighted by atomic mass is 10.1. The highest BCUT2D eigenvalue weighted by atomic mass is 16.5. The number of rotatable bonds is 4. The molecule has 0 saturated heterocycles. The maximum atomic E-state index is 11.8. The lowest BCUT2D eigenvalue weighted by Crippen LogP contribution is -2.29. The normalized spacial score (nSPS) is 10.7. The molecule has 0 aliphatic carbocycles. The van der Waals surface area contributed by atoms with Crippen LogP contribution >= 0.6 is 0 Å². The van der Waals surface area contributed by atoms with E-state index in [9.17, 15) is 9.90 Å². The molecule has 2 aromatic carbocycles. The summed E-state index contributed by atoms with van der Waals surface area (Å²) in [6.07, 6.45) is 0.692. The number of carbonyl (C=O) groups is 1.